The van der Waals surface area contributed by atoms with Crippen molar-refractivity contribution in [3.05, 3.63) is 29.3 Å². The van der Waals surface area contributed by atoms with Gasteiger partial charge in [0.15, 0.2) is 0 Å². The lowest BCUT2D eigenvalue weighted by Gasteiger charge is -2.22. The third kappa shape index (κ3) is 3.44. The summed E-state index contributed by atoms with van der Waals surface area (Å²) in [6.07, 6.45) is 0.876. The lowest BCUT2D eigenvalue weighted by Crippen LogP contribution is -2.36. The SMILES string of the molecule is COCCN(C)C(=O)[C@@H]1CCN(c2ccccc2Cl)C1. The van der Waals surface area contributed by atoms with Crippen LogP contribution in [0.1, 0.15) is 6.42 Å². The van der Waals surface area contributed by atoms with E-state index in [2.05, 4.69) is 4.90 Å². The maximum Gasteiger partial charge on any atom is 0.227 e. The Hall–Kier alpha value is -1.26. The monoisotopic (exact) mass is 296 g/mol. The van der Waals surface area contributed by atoms with Gasteiger partial charge in [-0.25, -0.2) is 0 Å². The van der Waals surface area contributed by atoms with Crippen LogP contribution in [0.15, 0.2) is 24.3 Å². The number of benzene rings is 1. The lowest BCUT2D eigenvalue weighted by atomic mass is 10.1. The predicted octanol–water partition coefficient (Wildman–Crippen LogP) is 2.27. The highest BCUT2D eigenvalue weighted by molar-refractivity contribution is 6.33. The number of rotatable bonds is 5. The molecule has 0 N–H and O–H groups in total. The number of likely N-dealkylation sites (N-methyl/N-ethyl adjacent to an activating group) is 1. The van der Waals surface area contributed by atoms with Crippen LogP contribution in [-0.2, 0) is 9.53 Å². The Morgan fingerprint density at radius 2 is 2.25 bits per heavy atom. The molecule has 4 nitrogen and oxygen atoms in total. The summed E-state index contributed by atoms with van der Waals surface area (Å²) in [5.74, 6) is 0.240. The minimum Gasteiger partial charge on any atom is -0.383 e. The molecule has 1 atom stereocenters. The highest BCUT2D eigenvalue weighted by Crippen LogP contribution is 2.30. The number of methoxy groups -OCH3 is 1. The van der Waals surface area contributed by atoms with E-state index in [1.54, 1.807) is 12.0 Å². The third-order valence-corrected chi connectivity index (χ3v) is 4.06. The molecule has 5 heteroatoms. The maximum absolute atomic E-state index is 12.3. The highest BCUT2D eigenvalue weighted by Gasteiger charge is 2.30. The smallest absolute Gasteiger partial charge is 0.227 e. The van der Waals surface area contributed by atoms with Crippen LogP contribution < -0.4 is 4.90 Å². The first-order valence-corrected chi connectivity index (χ1v) is 7.24. The van der Waals surface area contributed by atoms with Crippen molar-refractivity contribution >= 4 is 23.2 Å². The second-order valence-corrected chi connectivity index (χ2v) is 5.54. The van der Waals surface area contributed by atoms with Gasteiger partial charge < -0.3 is 14.5 Å². The van der Waals surface area contributed by atoms with E-state index >= 15 is 0 Å². The van der Waals surface area contributed by atoms with Gasteiger partial charge in [-0.05, 0) is 18.6 Å². The average Bonchev–Trinajstić information content (AvgIpc) is 2.94. The van der Waals surface area contributed by atoms with E-state index in [1.807, 2.05) is 31.3 Å². The van der Waals surface area contributed by atoms with Crippen molar-refractivity contribution in [3.8, 4) is 0 Å². The van der Waals surface area contributed by atoms with E-state index in [0.717, 1.165) is 30.2 Å². The minimum absolute atomic E-state index is 0.0492. The molecule has 110 valence electrons. The second-order valence-electron chi connectivity index (χ2n) is 5.14. The number of anilines is 1. The van der Waals surface area contributed by atoms with E-state index in [9.17, 15) is 4.79 Å². The fourth-order valence-electron chi connectivity index (χ4n) is 2.54. The number of halogens is 1. The minimum atomic E-state index is 0.0492. The number of ether oxygens (including phenoxy) is 1. The molecule has 1 aromatic carbocycles. The molecule has 1 amide bonds. The zero-order chi connectivity index (χ0) is 14.5. The molecule has 0 aromatic heterocycles. The van der Waals surface area contributed by atoms with Crippen molar-refractivity contribution < 1.29 is 9.53 Å². The van der Waals surface area contributed by atoms with Gasteiger partial charge >= 0.3 is 0 Å². The zero-order valence-electron chi connectivity index (χ0n) is 12.0. The Labute approximate surface area is 125 Å². The predicted molar refractivity (Wildman–Crippen MR) is 81.3 cm³/mol. The summed E-state index contributed by atoms with van der Waals surface area (Å²) in [6.45, 7) is 2.82. The molecule has 0 aliphatic carbocycles. The molecule has 1 fully saturated rings. The van der Waals surface area contributed by atoms with Crippen LogP contribution in [0.4, 0.5) is 5.69 Å². The fourth-order valence-corrected chi connectivity index (χ4v) is 2.79. The number of para-hydroxylation sites is 1. The van der Waals surface area contributed by atoms with Gasteiger partial charge in [0, 0.05) is 33.8 Å². The molecule has 20 heavy (non-hydrogen) atoms. The van der Waals surface area contributed by atoms with Gasteiger partial charge in [0.25, 0.3) is 0 Å². The molecular weight excluding hydrogens is 276 g/mol. The molecule has 0 spiro atoms. The van der Waals surface area contributed by atoms with Crippen molar-refractivity contribution in [2.45, 2.75) is 6.42 Å². The maximum atomic E-state index is 12.3. The number of hydrogen-bond acceptors (Lipinski definition) is 3. The first-order valence-electron chi connectivity index (χ1n) is 6.87. The van der Waals surface area contributed by atoms with Crippen LogP contribution in [0.25, 0.3) is 0 Å². The van der Waals surface area contributed by atoms with Crippen LogP contribution in [-0.4, -0.2) is 51.2 Å². The zero-order valence-corrected chi connectivity index (χ0v) is 12.8. The summed E-state index contributed by atoms with van der Waals surface area (Å²) < 4.78 is 5.01. The quantitative estimate of drug-likeness (QED) is 0.836. The molecule has 0 bridgehead atoms. The Bertz CT molecular complexity index is 467. The summed E-state index contributed by atoms with van der Waals surface area (Å²) in [5.41, 5.74) is 1.02. The van der Waals surface area contributed by atoms with E-state index < -0.39 is 0 Å². The number of carbonyl (C=O) groups excluding carboxylic acids is 1. The first-order chi connectivity index (χ1) is 9.63. The normalized spacial score (nSPS) is 18.4. The van der Waals surface area contributed by atoms with Crippen molar-refractivity contribution in [1.82, 2.24) is 4.90 Å². The highest BCUT2D eigenvalue weighted by atomic mass is 35.5. The van der Waals surface area contributed by atoms with Gasteiger partial charge in [-0.3, -0.25) is 4.79 Å². The van der Waals surface area contributed by atoms with Gasteiger partial charge in [-0.1, -0.05) is 23.7 Å². The van der Waals surface area contributed by atoms with Gasteiger partial charge in [-0.2, -0.15) is 0 Å². The molecule has 1 heterocycles. The van der Waals surface area contributed by atoms with Crippen LogP contribution in [0.3, 0.4) is 0 Å². The van der Waals surface area contributed by atoms with Gasteiger partial charge in [0.05, 0.1) is 23.2 Å². The van der Waals surface area contributed by atoms with Crippen LogP contribution in [0, 0.1) is 5.92 Å². The molecule has 2 rings (SSSR count). The number of carbonyl (C=O) groups is 1. The van der Waals surface area contributed by atoms with Gasteiger partial charge in [0.2, 0.25) is 5.91 Å². The van der Waals surface area contributed by atoms with E-state index in [0.29, 0.717) is 13.2 Å². The van der Waals surface area contributed by atoms with Crippen molar-refractivity contribution in [2.24, 2.45) is 5.92 Å². The second kappa shape index (κ2) is 6.95. The van der Waals surface area contributed by atoms with E-state index in [1.165, 1.54) is 0 Å². The summed E-state index contributed by atoms with van der Waals surface area (Å²) in [7, 11) is 3.48. The average molecular weight is 297 g/mol. The van der Waals surface area contributed by atoms with Gasteiger partial charge in [0.1, 0.15) is 0 Å². The van der Waals surface area contributed by atoms with Crippen molar-refractivity contribution in [2.75, 3.05) is 45.3 Å². The topological polar surface area (TPSA) is 32.8 Å². The van der Waals surface area contributed by atoms with E-state index in [-0.39, 0.29) is 11.8 Å². The van der Waals surface area contributed by atoms with E-state index in [4.69, 9.17) is 16.3 Å². The summed E-state index contributed by atoms with van der Waals surface area (Å²) >= 11 is 6.21. The Morgan fingerprint density at radius 1 is 1.50 bits per heavy atom. The number of nitrogens with zero attached hydrogens (tertiary/aromatic N) is 2. The molecule has 1 aliphatic heterocycles. The van der Waals surface area contributed by atoms with Crippen molar-refractivity contribution in [3.63, 3.8) is 0 Å². The third-order valence-electron chi connectivity index (χ3n) is 3.74. The Balaban J connectivity index is 1.95. The molecule has 1 saturated heterocycles. The largest absolute Gasteiger partial charge is 0.383 e. The standard InChI is InChI=1S/C15H21ClN2O2/c1-17(9-10-20-2)15(19)12-7-8-18(11-12)14-6-4-3-5-13(14)16/h3-6,12H,7-11H2,1-2H3/t12-/m1/s1. The van der Waals surface area contributed by atoms with Crippen LogP contribution in [0.2, 0.25) is 5.02 Å². The molecule has 1 aromatic rings. The van der Waals surface area contributed by atoms with Crippen LogP contribution >= 0.6 is 11.6 Å². The molecule has 0 radical (unpaired) electrons. The molecular formula is C15H21ClN2O2. The summed E-state index contributed by atoms with van der Waals surface area (Å²) in [6, 6.07) is 7.78. The number of hydrogen-bond donors (Lipinski definition) is 0. The fraction of sp³-hybridized carbons (Fsp3) is 0.533. The Kier molecular flexibility index (Phi) is 5.26. The lowest BCUT2D eigenvalue weighted by molar-refractivity contribution is -0.134. The summed E-state index contributed by atoms with van der Waals surface area (Å²) in [4.78, 5) is 16.3. The molecule has 0 unspecified atom stereocenters. The van der Waals surface area contributed by atoms with Gasteiger partial charge in [-0.15, -0.1) is 0 Å². The number of amides is 1. The Morgan fingerprint density at radius 3 is 2.95 bits per heavy atom. The first kappa shape index (κ1) is 15.1. The van der Waals surface area contributed by atoms with Crippen LogP contribution in [0.5, 0.6) is 0 Å². The van der Waals surface area contributed by atoms with Crippen molar-refractivity contribution in [1.29, 1.82) is 0 Å². The summed E-state index contributed by atoms with van der Waals surface area (Å²) in [5, 5.41) is 0.744. The molecule has 0 saturated carbocycles. The molecule has 1 aliphatic rings.